The predicted octanol–water partition coefficient (Wildman–Crippen LogP) is 2.25. The molecule has 20 heavy (non-hydrogen) atoms. The topological polar surface area (TPSA) is 55.6 Å². The van der Waals surface area contributed by atoms with Crippen LogP contribution in [0.15, 0.2) is 0 Å². The van der Waals surface area contributed by atoms with Crippen molar-refractivity contribution in [3.8, 4) is 0 Å². The lowest BCUT2D eigenvalue weighted by atomic mass is 9.78. The van der Waals surface area contributed by atoms with Crippen LogP contribution in [0.2, 0.25) is 0 Å². The molecule has 0 aromatic rings. The molecule has 0 heterocycles. The molecule has 0 saturated heterocycles. The highest BCUT2D eigenvalue weighted by atomic mass is 32.1. The fourth-order valence-electron chi connectivity index (χ4n) is 3.20. The highest BCUT2D eigenvalue weighted by Crippen LogP contribution is 2.40. The van der Waals surface area contributed by atoms with Crippen LogP contribution < -0.4 is 5.73 Å². The van der Waals surface area contributed by atoms with Gasteiger partial charge in [0.2, 0.25) is 5.91 Å². The third-order valence-electron chi connectivity index (χ3n) is 4.62. The van der Waals surface area contributed by atoms with Gasteiger partial charge >= 0.3 is 0 Å². The van der Waals surface area contributed by atoms with Gasteiger partial charge in [-0.05, 0) is 25.7 Å². The van der Waals surface area contributed by atoms with E-state index in [9.17, 15) is 4.79 Å². The molecule has 2 saturated carbocycles. The number of hydrogen-bond donors (Lipinski definition) is 1. The van der Waals surface area contributed by atoms with E-state index in [0.29, 0.717) is 24.2 Å². The minimum Gasteiger partial charge on any atom is -0.392 e. The first-order valence-electron chi connectivity index (χ1n) is 7.72. The number of thiocarbonyl (C=S) groups is 1. The van der Waals surface area contributed by atoms with Crippen molar-refractivity contribution in [2.75, 3.05) is 20.3 Å². The molecule has 0 unspecified atom stereocenters. The molecular weight excluding hydrogens is 272 g/mol. The zero-order valence-electron chi connectivity index (χ0n) is 12.4. The van der Waals surface area contributed by atoms with E-state index >= 15 is 0 Å². The van der Waals surface area contributed by atoms with Crippen LogP contribution in [0.4, 0.5) is 0 Å². The van der Waals surface area contributed by atoms with Crippen molar-refractivity contribution in [1.82, 2.24) is 4.90 Å². The molecule has 2 rings (SSSR count). The summed E-state index contributed by atoms with van der Waals surface area (Å²) in [7, 11) is 1.67. The molecular formula is C15H26N2O2S. The van der Waals surface area contributed by atoms with Gasteiger partial charge in [0, 0.05) is 19.7 Å². The zero-order valence-corrected chi connectivity index (χ0v) is 13.2. The van der Waals surface area contributed by atoms with Gasteiger partial charge in [-0.25, -0.2) is 0 Å². The van der Waals surface area contributed by atoms with Crippen LogP contribution >= 0.6 is 12.2 Å². The number of carbonyl (C=O) groups excluding carboxylic acids is 1. The van der Waals surface area contributed by atoms with Crippen molar-refractivity contribution in [3.63, 3.8) is 0 Å². The molecule has 0 atom stereocenters. The van der Waals surface area contributed by atoms with E-state index in [1.165, 1.54) is 12.8 Å². The van der Waals surface area contributed by atoms with Crippen LogP contribution in [0.1, 0.15) is 51.4 Å². The lowest BCUT2D eigenvalue weighted by Gasteiger charge is -2.36. The Labute approximate surface area is 127 Å². The number of hydrogen-bond acceptors (Lipinski definition) is 3. The van der Waals surface area contributed by atoms with Crippen LogP contribution in [0.3, 0.4) is 0 Å². The molecule has 1 amide bonds. The lowest BCUT2D eigenvalue weighted by molar-refractivity contribution is -0.140. The van der Waals surface area contributed by atoms with Crippen LogP contribution in [-0.4, -0.2) is 42.1 Å². The molecule has 0 radical (unpaired) electrons. The monoisotopic (exact) mass is 298 g/mol. The number of carbonyl (C=O) groups is 1. The maximum atomic E-state index is 13.1. The summed E-state index contributed by atoms with van der Waals surface area (Å²) >= 11 is 5.30. The lowest BCUT2D eigenvalue weighted by Crippen LogP contribution is -2.52. The summed E-state index contributed by atoms with van der Waals surface area (Å²) in [6.07, 6.45) is 8.29. The van der Waals surface area contributed by atoms with E-state index in [4.69, 9.17) is 22.7 Å². The average molecular weight is 298 g/mol. The smallest absolute Gasteiger partial charge is 0.235 e. The maximum Gasteiger partial charge on any atom is 0.235 e. The molecule has 2 aliphatic carbocycles. The van der Waals surface area contributed by atoms with E-state index in [1.54, 1.807) is 7.11 Å². The van der Waals surface area contributed by atoms with Gasteiger partial charge in [0.05, 0.1) is 17.0 Å². The van der Waals surface area contributed by atoms with E-state index in [1.807, 2.05) is 4.90 Å². The van der Waals surface area contributed by atoms with E-state index in [0.717, 1.165) is 38.5 Å². The Morgan fingerprint density at radius 1 is 1.30 bits per heavy atom. The molecule has 5 heteroatoms. The molecule has 114 valence electrons. The molecule has 0 aromatic heterocycles. The Morgan fingerprint density at radius 2 is 1.90 bits per heavy atom. The minimum absolute atomic E-state index is 0.159. The maximum absolute atomic E-state index is 13.1. The van der Waals surface area contributed by atoms with Gasteiger partial charge in [-0.3, -0.25) is 4.79 Å². The molecule has 4 nitrogen and oxygen atoms in total. The van der Waals surface area contributed by atoms with Gasteiger partial charge in [0.25, 0.3) is 0 Å². The fraction of sp³-hybridized carbons (Fsp3) is 0.867. The van der Waals surface area contributed by atoms with Crippen LogP contribution in [0.5, 0.6) is 0 Å². The van der Waals surface area contributed by atoms with E-state index < -0.39 is 5.41 Å². The first kappa shape index (κ1) is 15.7. The summed E-state index contributed by atoms with van der Waals surface area (Å²) in [6.45, 7) is 1.24. The van der Waals surface area contributed by atoms with Gasteiger partial charge in [0.15, 0.2) is 0 Å². The minimum atomic E-state index is -0.595. The van der Waals surface area contributed by atoms with Crippen molar-refractivity contribution in [3.05, 3.63) is 0 Å². The third-order valence-corrected chi connectivity index (χ3v) is 5.01. The van der Waals surface area contributed by atoms with Gasteiger partial charge in [-0.15, -0.1) is 0 Å². The number of nitrogens with zero attached hydrogens (tertiary/aromatic N) is 1. The molecule has 0 aromatic carbocycles. The highest BCUT2D eigenvalue weighted by molar-refractivity contribution is 7.80. The normalized spacial score (nSPS) is 22.1. The second kappa shape index (κ2) is 6.85. The van der Waals surface area contributed by atoms with Crippen molar-refractivity contribution in [1.29, 1.82) is 0 Å². The highest BCUT2D eigenvalue weighted by Gasteiger charge is 2.47. The summed E-state index contributed by atoms with van der Waals surface area (Å²) in [5, 5.41) is 0. The zero-order chi connectivity index (χ0) is 14.6. The van der Waals surface area contributed by atoms with Gasteiger partial charge in [0.1, 0.15) is 0 Å². The first-order valence-corrected chi connectivity index (χ1v) is 8.12. The van der Waals surface area contributed by atoms with Gasteiger partial charge < -0.3 is 15.4 Å². The van der Waals surface area contributed by atoms with Crippen LogP contribution in [0, 0.1) is 5.41 Å². The summed E-state index contributed by atoms with van der Waals surface area (Å²) in [4.78, 5) is 15.5. The molecule has 0 spiro atoms. The molecule has 0 aliphatic heterocycles. The Balaban J connectivity index is 2.17. The summed E-state index contributed by atoms with van der Waals surface area (Å²) < 4.78 is 5.15. The third kappa shape index (κ3) is 3.31. The Morgan fingerprint density at radius 3 is 2.35 bits per heavy atom. The van der Waals surface area contributed by atoms with Crippen molar-refractivity contribution < 1.29 is 9.53 Å². The van der Waals surface area contributed by atoms with Crippen molar-refractivity contribution >= 4 is 23.1 Å². The molecule has 2 fully saturated rings. The number of amides is 1. The number of rotatable bonds is 6. The van der Waals surface area contributed by atoms with Crippen LogP contribution in [0.25, 0.3) is 0 Å². The molecule has 2 N–H and O–H groups in total. The largest absolute Gasteiger partial charge is 0.392 e. The summed E-state index contributed by atoms with van der Waals surface area (Å²) in [5.74, 6) is 0.159. The second-order valence-electron chi connectivity index (χ2n) is 6.08. The first-order chi connectivity index (χ1) is 9.62. The van der Waals surface area contributed by atoms with E-state index in [2.05, 4.69) is 0 Å². The summed E-state index contributed by atoms with van der Waals surface area (Å²) in [6, 6.07) is 0.382. The Hall–Kier alpha value is -0.680. The summed E-state index contributed by atoms with van der Waals surface area (Å²) in [5.41, 5.74) is 5.42. The van der Waals surface area contributed by atoms with Crippen molar-refractivity contribution in [2.24, 2.45) is 11.1 Å². The standard InChI is InChI=1S/C15H26N2O2S/c1-19-11-10-17(12-6-7-12)14(18)15(13(16)20)8-4-2-3-5-9-15/h12H,2-11H2,1H3,(H2,16,20). The Bertz CT molecular complexity index is 361. The van der Waals surface area contributed by atoms with Gasteiger partial charge in [-0.1, -0.05) is 37.9 Å². The van der Waals surface area contributed by atoms with Crippen molar-refractivity contribution in [2.45, 2.75) is 57.4 Å². The fourth-order valence-corrected chi connectivity index (χ4v) is 3.49. The second-order valence-corrected chi connectivity index (χ2v) is 6.52. The predicted molar refractivity (Wildman–Crippen MR) is 83.5 cm³/mol. The average Bonchev–Trinajstić information content (AvgIpc) is 3.25. The number of methoxy groups -OCH3 is 1. The molecule has 0 bridgehead atoms. The Kier molecular flexibility index (Phi) is 5.38. The number of ether oxygens (including phenoxy) is 1. The van der Waals surface area contributed by atoms with Crippen LogP contribution in [-0.2, 0) is 9.53 Å². The quantitative estimate of drug-likeness (QED) is 0.603. The molecule has 2 aliphatic rings. The van der Waals surface area contributed by atoms with Gasteiger partial charge in [-0.2, -0.15) is 0 Å². The van der Waals surface area contributed by atoms with E-state index in [-0.39, 0.29) is 5.91 Å². The SMILES string of the molecule is COCCN(C(=O)C1(C(N)=S)CCCCCC1)C1CC1. The number of nitrogens with two attached hydrogens (primary N) is 1.